The van der Waals surface area contributed by atoms with E-state index in [0.717, 1.165) is 12.8 Å². The van der Waals surface area contributed by atoms with Crippen LogP contribution >= 0.6 is 12.6 Å². The Bertz CT molecular complexity index is 170. The van der Waals surface area contributed by atoms with Gasteiger partial charge in [-0.3, -0.25) is 4.79 Å². The molecule has 0 aromatic carbocycles. The number of ether oxygens (including phenoxy) is 1. The van der Waals surface area contributed by atoms with Crippen molar-refractivity contribution in [3.63, 3.8) is 0 Å². The zero-order valence-electron chi connectivity index (χ0n) is 9.58. The van der Waals surface area contributed by atoms with Gasteiger partial charge in [-0.15, -0.1) is 0 Å². The van der Waals surface area contributed by atoms with E-state index in [1.165, 1.54) is 25.7 Å². The normalized spacial score (nSPS) is 11.7. The van der Waals surface area contributed by atoms with Gasteiger partial charge in [0, 0.05) is 5.75 Å². The molecule has 0 heterocycles. The number of carbonyl (C=O) groups excluding carboxylic acids is 1. The molecule has 0 radical (unpaired) electrons. The third kappa shape index (κ3) is 11.3. The first-order valence-corrected chi connectivity index (χ1v) is 6.38. The molecule has 5 heteroatoms. The number of esters is 1. The number of hydrogen-bond donors (Lipinski definition) is 2. The fourth-order valence-corrected chi connectivity index (χ4v) is 1.39. The van der Waals surface area contributed by atoms with Crippen molar-refractivity contribution >= 4 is 48.2 Å². The molecule has 0 aromatic rings. The van der Waals surface area contributed by atoms with Crippen LogP contribution in [0.4, 0.5) is 0 Å². The first kappa shape index (κ1) is 19.1. The third-order valence-electron chi connectivity index (χ3n) is 2.24. The topological polar surface area (TPSA) is 52.3 Å². The molecule has 0 aromatic heterocycles. The molecule has 16 heavy (non-hydrogen) atoms. The predicted octanol–water partition coefficient (Wildman–Crippen LogP) is 1.50. The van der Waals surface area contributed by atoms with Crippen LogP contribution in [0.5, 0.6) is 0 Å². The Kier molecular flexibility index (Phi) is 16.5. The Balaban J connectivity index is 0. The maximum absolute atomic E-state index is 11.1. The Morgan fingerprint density at radius 2 is 1.81 bits per heavy atom. The van der Waals surface area contributed by atoms with Gasteiger partial charge >= 0.3 is 35.5 Å². The molecular weight excluding hydrogens is 233 g/mol. The van der Waals surface area contributed by atoms with Gasteiger partial charge in [-0.25, -0.2) is 0 Å². The van der Waals surface area contributed by atoms with Crippen LogP contribution < -0.4 is 5.73 Å². The fraction of sp³-hybridized carbons (Fsp3) is 0.909. The average Bonchev–Trinajstić information content (AvgIpc) is 2.26. The second-order valence-electron chi connectivity index (χ2n) is 3.72. The molecule has 0 amide bonds. The van der Waals surface area contributed by atoms with E-state index in [4.69, 9.17) is 10.5 Å². The van der Waals surface area contributed by atoms with E-state index in [1.807, 2.05) is 0 Å². The van der Waals surface area contributed by atoms with Crippen molar-refractivity contribution in [2.24, 2.45) is 5.73 Å². The molecule has 92 valence electrons. The van der Waals surface area contributed by atoms with Crippen molar-refractivity contribution in [1.29, 1.82) is 0 Å². The number of thiol groups is 1. The standard InChI is InChI=1S/C11H23NO2S.Na.H/c1-2-3-4-5-6-7-8-14-11(13)10(12)9-15;;/h10,15H,2-9,12H2,1H3;;/t10-;;/m0../s1. The maximum atomic E-state index is 11.1. The van der Waals surface area contributed by atoms with E-state index in [9.17, 15) is 4.79 Å². The molecule has 0 spiro atoms. The van der Waals surface area contributed by atoms with E-state index in [-0.39, 0.29) is 35.5 Å². The molecule has 0 aliphatic heterocycles. The summed E-state index contributed by atoms with van der Waals surface area (Å²) in [6.45, 7) is 2.69. The molecule has 0 aliphatic carbocycles. The van der Waals surface area contributed by atoms with Gasteiger partial charge in [-0.05, 0) is 6.42 Å². The van der Waals surface area contributed by atoms with Crippen LogP contribution in [0.3, 0.4) is 0 Å². The minimum absolute atomic E-state index is 0. The van der Waals surface area contributed by atoms with Gasteiger partial charge < -0.3 is 10.5 Å². The molecule has 0 saturated carbocycles. The average molecular weight is 257 g/mol. The van der Waals surface area contributed by atoms with Crippen LogP contribution in [0.15, 0.2) is 0 Å². The number of carbonyl (C=O) groups is 1. The van der Waals surface area contributed by atoms with Crippen molar-refractivity contribution in [2.75, 3.05) is 12.4 Å². The molecule has 2 N–H and O–H groups in total. The number of rotatable bonds is 9. The fourth-order valence-electron chi connectivity index (χ4n) is 1.24. The SMILES string of the molecule is CCCCCCCCOC(=O)[C@@H](N)CS.[NaH]. The molecule has 0 fully saturated rings. The zero-order valence-corrected chi connectivity index (χ0v) is 10.5. The summed E-state index contributed by atoms with van der Waals surface area (Å²) in [7, 11) is 0. The van der Waals surface area contributed by atoms with Crippen LogP contribution in [-0.2, 0) is 9.53 Å². The van der Waals surface area contributed by atoms with E-state index in [2.05, 4.69) is 19.6 Å². The Labute approximate surface area is 127 Å². The monoisotopic (exact) mass is 257 g/mol. The Morgan fingerprint density at radius 1 is 1.25 bits per heavy atom. The van der Waals surface area contributed by atoms with Gasteiger partial charge in [0.15, 0.2) is 0 Å². The molecular formula is C11H24NNaO2S. The summed E-state index contributed by atoms with van der Waals surface area (Å²) in [6, 6.07) is -0.576. The van der Waals surface area contributed by atoms with Crippen molar-refractivity contribution in [3.05, 3.63) is 0 Å². The number of nitrogens with two attached hydrogens (primary N) is 1. The summed E-state index contributed by atoms with van der Waals surface area (Å²) < 4.78 is 4.99. The number of unbranched alkanes of at least 4 members (excludes halogenated alkanes) is 5. The molecule has 3 nitrogen and oxygen atoms in total. The molecule has 0 aliphatic rings. The second-order valence-corrected chi connectivity index (χ2v) is 4.09. The van der Waals surface area contributed by atoms with Crippen molar-refractivity contribution in [1.82, 2.24) is 0 Å². The molecule has 1 atom stereocenters. The molecule has 0 rings (SSSR count). The van der Waals surface area contributed by atoms with Crippen molar-refractivity contribution in [3.8, 4) is 0 Å². The summed E-state index contributed by atoms with van der Waals surface area (Å²) in [4.78, 5) is 11.1. The summed E-state index contributed by atoms with van der Waals surface area (Å²) in [5.41, 5.74) is 5.45. The van der Waals surface area contributed by atoms with Crippen LogP contribution in [0, 0.1) is 0 Å². The van der Waals surface area contributed by atoms with Gasteiger partial charge in [0.25, 0.3) is 0 Å². The van der Waals surface area contributed by atoms with Crippen LogP contribution in [0.1, 0.15) is 45.4 Å². The summed E-state index contributed by atoms with van der Waals surface area (Å²) in [6.07, 6.45) is 7.12. The molecule has 0 unspecified atom stereocenters. The van der Waals surface area contributed by atoms with E-state index in [0.29, 0.717) is 12.4 Å². The van der Waals surface area contributed by atoms with Gasteiger partial charge in [-0.2, -0.15) is 12.6 Å². The van der Waals surface area contributed by atoms with Gasteiger partial charge in [-0.1, -0.05) is 39.0 Å². The number of hydrogen-bond acceptors (Lipinski definition) is 4. The zero-order chi connectivity index (χ0) is 11.5. The third-order valence-corrected chi connectivity index (χ3v) is 2.64. The summed E-state index contributed by atoms with van der Waals surface area (Å²) in [5, 5.41) is 0. The van der Waals surface area contributed by atoms with Gasteiger partial charge in [0.2, 0.25) is 0 Å². The van der Waals surface area contributed by atoms with E-state index < -0.39 is 6.04 Å². The molecule has 0 saturated heterocycles. The second kappa shape index (κ2) is 13.8. The molecule has 0 bridgehead atoms. The van der Waals surface area contributed by atoms with Crippen LogP contribution in [0.2, 0.25) is 0 Å². The Morgan fingerprint density at radius 3 is 2.38 bits per heavy atom. The van der Waals surface area contributed by atoms with E-state index in [1.54, 1.807) is 0 Å². The van der Waals surface area contributed by atoms with Gasteiger partial charge in [0.05, 0.1) is 6.61 Å². The predicted molar refractivity (Wildman–Crippen MR) is 73.3 cm³/mol. The van der Waals surface area contributed by atoms with Crippen LogP contribution in [0.25, 0.3) is 0 Å². The first-order chi connectivity index (χ1) is 7.22. The van der Waals surface area contributed by atoms with Crippen LogP contribution in [-0.4, -0.2) is 53.9 Å². The minimum atomic E-state index is -0.576. The van der Waals surface area contributed by atoms with Gasteiger partial charge in [0.1, 0.15) is 6.04 Å². The summed E-state index contributed by atoms with van der Waals surface area (Å²) in [5.74, 6) is 0.00792. The van der Waals surface area contributed by atoms with E-state index >= 15 is 0 Å². The van der Waals surface area contributed by atoms with Crippen molar-refractivity contribution < 1.29 is 9.53 Å². The van der Waals surface area contributed by atoms with Crippen molar-refractivity contribution in [2.45, 2.75) is 51.5 Å². The quantitative estimate of drug-likeness (QED) is 0.285. The summed E-state index contributed by atoms with van der Waals surface area (Å²) >= 11 is 3.93. The first-order valence-electron chi connectivity index (χ1n) is 5.75. The Hall–Kier alpha value is 0.780.